The highest BCUT2D eigenvalue weighted by Crippen LogP contribution is 2.50. The molecule has 2 aliphatic rings. The van der Waals surface area contributed by atoms with Crippen molar-refractivity contribution in [3.05, 3.63) is 47.5 Å². The van der Waals surface area contributed by atoms with E-state index in [1.165, 1.54) is 102 Å². The van der Waals surface area contributed by atoms with Gasteiger partial charge in [0.15, 0.2) is 0 Å². The molecule has 0 bridgehead atoms. The maximum Gasteiger partial charge on any atom is 0.0432 e. The zero-order valence-electron chi connectivity index (χ0n) is 17.8. The first kappa shape index (κ1) is 18.3. The quantitative estimate of drug-likeness (QED) is 0.268. The molecular weight excluding hydrogens is 364 g/mol. The molecule has 0 aliphatic heterocycles. The van der Waals surface area contributed by atoms with Crippen LogP contribution in [0.1, 0.15) is 87.2 Å². The van der Waals surface area contributed by atoms with Crippen LogP contribution in [-0.2, 0) is 0 Å². The number of nitrogens with two attached hydrogens (primary N) is 2. The number of benzene rings is 4. The molecule has 0 radical (unpaired) electrons. The maximum absolute atomic E-state index is 7.07. The largest absolute Gasteiger partial charge is 0.398 e. The van der Waals surface area contributed by atoms with E-state index >= 15 is 0 Å². The molecule has 0 unspecified atom stereocenters. The Morgan fingerprint density at radius 1 is 0.533 bits per heavy atom. The Morgan fingerprint density at radius 2 is 1.10 bits per heavy atom. The first-order valence-corrected chi connectivity index (χ1v) is 12.0. The molecule has 2 aliphatic carbocycles. The van der Waals surface area contributed by atoms with Gasteiger partial charge in [-0.3, -0.25) is 0 Å². The summed E-state index contributed by atoms with van der Waals surface area (Å²) in [6, 6.07) is 13.4. The highest BCUT2D eigenvalue weighted by atomic mass is 14.6. The highest BCUT2D eigenvalue weighted by Gasteiger charge is 2.29. The predicted molar refractivity (Wildman–Crippen MR) is 131 cm³/mol. The zero-order valence-corrected chi connectivity index (χ0v) is 17.8. The zero-order chi connectivity index (χ0) is 20.2. The molecule has 2 heteroatoms. The van der Waals surface area contributed by atoms with E-state index in [4.69, 9.17) is 11.5 Å². The van der Waals surface area contributed by atoms with Crippen molar-refractivity contribution in [2.45, 2.75) is 76.0 Å². The summed E-state index contributed by atoms with van der Waals surface area (Å²) >= 11 is 0. The van der Waals surface area contributed by atoms with Crippen LogP contribution in [0.25, 0.3) is 32.3 Å². The van der Waals surface area contributed by atoms with E-state index in [1.807, 2.05) is 6.07 Å². The van der Waals surface area contributed by atoms with Crippen LogP contribution in [0.2, 0.25) is 0 Å². The van der Waals surface area contributed by atoms with Crippen LogP contribution in [0, 0.1) is 0 Å². The van der Waals surface area contributed by atoms with Gasteiger partial charge in [0.2, 0.25) is 0 Å². The molecule has 30 heavy (non-hydrogen) atoms. The minimum absolute atomic E-state index is 0.627. The van der Waals surface area contributed by atoms with Gasteiger partial charge in [0.25, 0.3) is 0 Å². The molecular formula is C28H32N2. The smallest absolute Gasteiger partial charge is 0.0432 e. The van der Waals surface area contributed by atoms with Crippen molar-refractivity contribution in [1.82, 2.24) is 0 Å². The monoisotopic (exact) mass is 396 g/mol. The highest BCUT2D eigenvalue weighted by molar-refractivity contribution is 6.28. The Balaban J connectivity index is 1.74. The molecule has 6 rings (SSSR count). The van der Waals surface area contributed by atoms with Crippen LogP contribution in [0.5, 0.6) is 0 Å². The van der Waals surface area contributed by atoms with E-state index in [2.05, 4.69) is 30.3 Å². The van der Waals surface area contributed by atoms with E-state index in [0.29, 0.717) is 11.8 Å². The predicted octanol–water partition coefficient (Wildman–Crippen LogP) is 7.84. The van der Waals surface area contributed by atoms with Crippen LogP contribution in [0.15, 0.2) is 36.4 Å². The summed E-state index contributed by atoms with van der Waals surface area (Å²) in [5.41, 5.74) is 18.5. The van der Waals surface area contributed by atoms with Crippen molar-refractivity contribution in [3.63, 3.8) is 0 Å². The molecule has 4 N–H and O–H groups in total. The molecule has 4 aromatic carbocycles. The summed E-state index contributed by atoms with van der Waals surface area (Å²) < 4.78 is 0. The number of rotatable bonds is 2. The van der Waals surface area contributed by atoms with E-state index in [0.717, 1.165) is 11.4 Å². The average Bonchev–Trinajstić information content (AvgIpc) is 2.80. The fourth-order valence-electron chi connectivity index (χ4n) is 6.72. The molecule has 0 atom stereocenters. The molecule has 0 heterocycles. The van der Waals surface area contributed by atoms with Crippen LogP contribution in [0.3, 0.4) is 0 Å². The summed E-state index contributed by atoms with van der Waals surface area (Å²) in [7, 11) is 0. The molecule has 0 amide bonds. The Bertz CT molecular complexity index is 1230. The lowest BCUT2D eigenvalue weighted by Crippen LogP contribution is -2.15. The topological polar surface area (TPSA) is 52.0 Å². The van der Waals surface area contributed by atoms with Gasteiger partial charge in [-0.1, -0.05) is 68.9 Å². The fraction of sp³-hybridized carbons (Fsp3) is 0.429. The molecule has 2 nitrogen and oxygen atoms in total. The second-order valence-electron chi connectivity index (χ2n) is 9.81. The van der Waals surface area contributed by atoms with Crippen molar-refractivity contribution in [3.8, 4) is 0 Å². The first-order valence-electron chi connectivity index (χ1n) is 12.0. The normalized spacial score (nSPS) is 19.3. The van der Waals surface area contributed by atoms with Gasteiger partial charge in [0.1, 0.15) is 0 Å². The van der Waals surface area contributed by atoms with Gasteiger partial charge in [0.05, 0.1) is 0 Å². The maximum atomic E-state index is 7.07. The number of hydrogen-bond donors (Lipinski definition) is 2. The number of anilines is 2. The standard InChI is InChI=1S/C28H32N2/c29-23-16-12-19-11-13-21-25(17-7-3-1-4-8-17)26(18-9-5-2-6-10-18)28(30)22-15-14-20(23)24(19)27(21)22/h11-18H,1-10,29-30H2. The van der Waals surface area contributed by atoms with Crippen LogP contribution < -0.4 is 11.5 Å². The van der Waals surface area contributed by atoms with Crippen molar-refractivity contribution >= 4 is 43.7 Å². The Hall–Kier alpha value is -2.48. The summed E-state index contributed by atoms with van der Waals surface area (Å²) in [6.45, 7) is 0. The van der Waals surface area contributed by atoms with Gasteiger partial charge in [-0.25, -0.2) is 0 Å². The van der Waals surface area contributed by atoms with Crippen molar-refractivity contribution in [1.29, 1.82) is 0 Å². The lowest BCUT2D eigenvalue weighted by molar-refractivity contribution is 0.421. The third-order valence-electron chi connectivity index (χ3n) is 8.13. The fourth-order valence-corrected chi connectivity index (χ4v) is 6.72. The van der Waals surface area contributed by atoms with Crippen molar-refractivity contribution < 1.29 is 0 Å². The van der Waals surface area contributed by atoms with Crippen molar-refractivity contribution in [2.75, 3.05) is 11.5 Å². The third kappa shape index (κ3) is 2.62. The third-order valence-corrected chi connectivity index (χ3v) is 8.13. The Kier molecular flexibility index (Phi) is 4.30. The number of hydrogen-bond acceptors (Lipinski definition) is 2. The second-order valence-corrected chi connectivity index (χ2v) is 9.81. The summed E-state index contributed by atoms with van der Waals surface area (Å²) in [5.74, 6) is 1.28. The van der Waals surface area contributed by atoms with E-state index < -0.39 is 0 Å². The molecule has 2 fully saturated rings. The summed E-state index contributed by atoms with van der Waals surface area (Å²) in [5, 5.41) is 7.81. The van der Waals surface area contributed by atoms with E-state index in [1.54, 1.807) is 5.56 Å². The second kappa shape index (κ2) is 7.04. The SMILES string of the molecule is Nc1ccc2ccc3c(C4CCCCC4)c(C4CCCCC4)c(N)c4ccc1c2c43. The van der Waals surface area contributed by atoms with Crippen LogP contribution >= 0.6 is 0 Å². The Morgan fingerprint density at radius 3 is 1.80 bits per heavy atom. The van der Waals surface area contributed by atoms with Gasteiger partial charge in [0, 0.05) is 22.1 Å². The van der Waals surface area contributed by atoms with Gasteiger partial charge >= 0.3 is 0 Å². The van der Waals surface area contributed by atoms with Gasteiger partial charge in [-0.2, -0.15) is 0 Å². The minimum atomic E-state index is 0.627. The molecule has 0 spiro atoms. The lowest BCUT2D eigenvalue weighted by Gasteiger charge is -2.33. The first-order chi connectivity index (χ1) is 14.7. The average molecular weight is 397 g/mol. The molecule has 4 aromatic rings. The minimum Gasteiger partial charge on any atom is -0.398 e. The molecule has 0 saturated heterocycles. The Labute approximate surface area is 179 Å². The van der Waals surface area contributed by atoms with Crippen LogP contribution in [-0.4, -0.2) is 0 Å². The molecule has 2 saturated carbocycles. The summed E-state index contributed by atoms with van der Waals surface area (Å²) in [4.78, 5) is 0. The van der Waals surface area contributed by atoms with Crippen LogP contribution in [0.4, 0.5) is 11.4 Å². The van der Waals surface area contributed by atoms with Gasteiger partial charge in [-0.05, 0) is 76.3 Å². The van der Waals surface area contributed by atoms with E-state index in [-0.39, 0.29) is 0 Å². The van der Waals surface area contributed by atoms with Gasteiger partial charge < -0.3 is 11.5 Å². The molecule has 0 aromatic heterocycles. The summed E-state index contributed by atoms with van der Waals surface area (Å²) in [6.07, 6.45) is 13.4. The molecule has 154 valence electrons. The number of nitrogen functional groups attached to an aromatic ring is 2. The van der Waals surface area contributed by atoms with Crippen molar-refractivity contribution in [2.24, 2.45) is 0 Å². The lowest BCUT2D eigenvalue weighted by atomic mass is 9.72. The van der Waals surface area contributed by atoms with E-state index in [9.17, 15) is 0 Å². The van der Waals surface area contributed by atoms with Gasteiger partial charge in [-0.15, -0.1) is 0 Å².